The Morgan fingerprint density at radius 3 is 2.50 bits per heavy atom. The van der Waals surface area contributed by atoms with Crippen LogP contribution in [0.4, 0.5) is 5.69 Å². The third-order valence-corrected chi connectivity index (χ3v) is 5.40. The molecule has 0 aliphatic carbocycles. The van der Waals surface area contributed by atoms with Crippen molar-refractivity contribution in [2.24, 2.45) is 4.99 Å². The number of benzene rings is 4. The summed E-state index contributed by atoms with van der Waals surface area (Å²) in [6.07, 6.45) is 1.81. The first-order chi connectivity index (χ1) is 15.6. The van der Waals surface area contributed by atoms with E-state index >= 15 is 0 Å². The Kier molecular flexibility index (Phi) is 5.63. The topological polar surface area (TPSA) is 50.3 Å². The Hall–Kier alpha value is -3.60. The van der Waals surface area contributed by atoms with Crippen molar-refractivity contribution >= 4 is 46.1 Å². The molecule has 4 nitrogen and oxygen atoms in total. The largest absolute Gasteiger partial charge is 0.457 e. The van der Waals surface area contributed by atoms with Gasteiger partial charge in [-0.05, 0) is 66.2 Å². The first kappa shape index (κ1) is 20.3. The highest BCUT2D eigenvalue weighted by atomic mass is 35.5. The number of hydrogen-bond donors (Lipinski definition) is 1. The molecule has 0 saturated carbocycles. The van der Waals surface area contributed by atoms with Crippen LogP contribution < -0.4 is 4.74 Å². The number of nitrogens with one attached hydrogen (secondary N) is 1. The molecule has 32 heavy (non-hydrogen) atoms. The number of halogens is 2. The second-order valence-electron chi connectivity index (χ2n) is 7.16. The Balaban J connectivity index is 1.38. The number of nitrogens with zero attached hydrogens (tertiary/aromatic N) is 2. The number of H-pyrrole nitrogens is 1. The van der Waals surface area contributed by atoms with Gasteiger partial charge in [0.25, 0.3) is 0 Å². The number of fused-ring (bicyclic) bond motifs is 1. The molecule has 156 valence electrons. The maximum absolute atomic E-state index is 6.33. The number of aliphatic imine (C=N–C) groups is 1. The van der Waals surface area contributed by atoms with Crippen LogP contribution in [0, 0.1) is 0 Å². The van der Waals surface area contributed by atoms with Gasteiger partial charge in [0.2, 0.25) is 0 Å². The first-order valence-electron chi connectivity index (χ1n) is 9.96. The zero-order valence-corrected chi connectivity index (χ0v) is 18.3. The smallest absolute Gasteiger partial charge is 0.140 e. The minimum Gasteiger partial charge on any atom is -0.457 e. The van der Waals surface area contributed by atoms with Gasteiger partial charge in [0.1, 0.15) is 17.3 Å². The van der Waals surface area contributed by atoms with E-state index in [9.17, 15) is 0 Å². The SMILES string of the molecule is Clc1ccc(-c2nc3ccc(N=Cc4cccc(Oc5ccccc5)c4)cc3[nH]2)c(Cl)c1. The lowest BCUT2D eigenvalue weighted by atomic mass is 10.2. The summed E-state index contributed by atoms with van der Waals surface area (Å²) < 4.78 is 5.90. The molecule has 0 bridgehead atoms. The normalized spacial score (nSPS) is 11.3. The lowest BCUT2D eigenvalue weighted by Crippen LogP contribution is -1.86. The third-order valence-electron chi connectivity index (χ3n) is 4.85. The van der Waals surface area contributed by atoms with Crippen molar-refractivity contribution < 1.29 is 4.74 Å². The number of aromatic nitrogens is 2. The van der Waals surface area contributed by atoms with Crippen molar-refractivity contribution in [1.82, 2.24) is 9.97 Å². The number of hydrogen-bond acceptors (Lipinski definition) is 3. The second-order valence-corrected chi connectivity index (χ2v) is 8.00. The van der Waals surface area contributed by atoms with Crippen LogP contribution in [0.15, 0.2) is 96.0 Å². The van der Waals surface area contributed by atoms with Gasteiger partial charge in [0.05, 0.1) is 21.7 Å². The van der Waals surface area contributed by atoms with Gasteiger partial charge >= 0.3 is 0 Å². The van der Waals surface area contributed by atoms with E-state index in [2.05, 4.69) is 15.0 Å². The van der Waals surface area contributed by atoms with Crippen molar-refractivity contribution in [2.45, 2.75) is 0 Å². The van der Waals surface area contributed by atoms with E-state index in [0.29, 0.717) is 15.9 Å². The van der Waals surface area contributed by atoms with Crippen molar-refractivity contribution in [3.63, 3.8) is 0 Å². The molecular weight excluding hydrogens is 441 g/mol. The van der Waals surface area contributed by atoms with Gasteiger partial charge in [0.15, 0.2) is 0 Å². The van der Waals surface area contributed by atoms with E-state index in [1.165, 1.54) is 0 Å². The molecule has 6 heteroatoms. The molecule has 0 amide bonds. The van der Waals surface area contributed by atoms with Gasteiger partial charge in [-0.15, -0.1) is 0 Å². The summed E-state index contributed by atoms with van der Waals surface area (Å²) in [5, 5.41) is 1.14. The summed E-state index contributed by atoms with van der Waals surface area (Å²) >= 11 is 12.3. The van der Waals surface area contributed by atoms with Crippen molar-refractivity contribution in [1.29, 1.82) is 0 Å². The highest BCUT2D eigenvalue weighted by molar-refractivity contribution is 6.36. The van der Waals surface area contributed by atoms with Crippen molar-refractivity contribution in [2.75, 3.05) is 0 Å². The van der Waals surface area contributed by atoms with Crippen LogP contribution in [0.3, 0.4) is 0 Å². The van der Waals surface area contributed by atoms with Gasteiger partial charge < -0.3 is 9.72 Å². The molecule has 0 aliphatic rings. The third kappa shape index (κ3) is 4.52. The van der Waals surface area contributed by atoms with E-state index in [1.54, 1.807) is 12.1 Å². The van der Waals surface area contributed by atoms with Crippen LogP contribution in [0.1, 0.15) is 5.56 Å². The molecule has 0 unspecified atom stereocenters. The summed E-state index contributed by atoms with van der Waals surface area (Å²) in [4.78, 5) is 12.6. The lowest BCUT2D eigenvalue weighted by Gasteiger charge is -2.05. The van der Waals surface area contributed by atoms with Crippen LogP contribution in [-0.2, 0) is 0 Å². The number of ether oxygens (including phenoxy) is 1. The fourth-order valence-electron chi connectivity index (χ4n) is 3.32. The molecule has 5 rings (SSSR count). The molecule has 5 aromatic rings. The summed E-state index contributed by atoms with van der Waals surface area (Å²) in [7, 11) is 0. The average Bonchev–Trinajstić information content (AvgIpc) is 3.22. The van der Waals surface area contributed by atoms with E-state index in [4.69, 9.17) is 27.9 Å². The summed E-state index contributed by atoms with van der Waals surface area (Å²) in [5.41, 5.74) is 4.26. The van der Waals surface area contributed by atoms with E-state index in [-0.39, 0.29) is 0 Å². The van der Waals surface area contributed by atoms with E-state index < -0.39 is 0 Å². The predicted octanol–water partition coefficient (Wildman–Crippen LogP) is 8.08. The molecule has 0 fully saturated rings. The van der Waals surface area contributed by atoms with Crippen LogP contribution in [0.25, 0.3) is 22.4 Å². The zero-order chi connectivity index (χ0) is 21.9. The van der Waals surface area contributed by atoms with Gasteiger partial charge in [-0.1, -0.05) is 53.5 Å². The Morgan fingerprint density at radius 1 is 0.812 bits per heavy atom. The Bertz CT molecular complexity index is 1430. The second kappa shape index (κ2) is 8.87. The predicted molar refractivity (Wildman–Crippen MR) is 132 cm³/mol. The Labute approximate surface area is 195 Å². The van der Waals surface area contributed by atoms with Gasteiger partial charge in [-0.3, -0.25) is 4.99 Å². The molecular formula is C26H17Cl2N3O. The van der Waals surface area contributed by atoms with Crippen molar-refractivity contribution in [3.8, 4) is 22.9 Å². The summed E-state index contributed by atoms with van der Waals surface area (Å²) in [5.74, 6) is 2.24. The fourth-order valence-corrected chi connectivity index (χ4v) is 3.82. The summed E-state index contributed by atoms with van der Waals surface area (Å²) in [6.45, 7) is 0. The van der Waals surface area contributed by atoms with Gasteiger partial charge in [-0.25, -0.2) is 4.98 Å². The molecule has 0 radical (unpaired) electrons. The first-order valence-corrected chi connectivity index (χ1v) is 10.7. The van der Waals surface area contributed by atoms with Crippen LogP contribution in [0.2, 0.25) is 10.0 Å². The molecule has 4 aromatic carbocycles. The number of rotatable bonds is 5. The van der Waals surface area contributed by atoms with E-state index in [1.807, 2.05) is 85.1 Å². The minimum absolute atomic E-state index is 0.549. The van der Waals surface area contributed by atoms with E-state index in [0.717, 1.165) is 39.3 Å². The maximum Gasteiger partial charge on any atom is 0.140 e. The molecule has 0 aliphatic heterocycles. The molecule has 1 N–H and O–H groups in total. The standard InChI is InChI=1S/C26H17Cl2N3O/c27-18-9-11-22(23(28)14-18)26-30-24-12-10-19(15-25(24)31-26)29-16-17-5-4-8-21(13-17)32-20-6-2-1-3-7-20/h1-16H,(H,30,31). The lowest BCUT2D eigenvalue weighted by molar-refractivity contribution is 0.482. The van der Waals surface area contributed by atoms with Crippen LogP contribution >= 0.6 is 23.2 Å². The zero-order valence-electron chi connectivity index (χ0n) is 16.8. The number of para-hydroxylation sites is 1. The number of imidazole rings is 1. The molecule has 0 spiro atoms. The maximum atomic E-state index is 6.33. The quantitative estimate of drug-likeness (QED) is 0.271. The molecule has 1 aromatic heterocycles. The highest BCUT2D eigenvalue weighted by Gasteiger charge is 2.10. The Morgan fingerprint density at radius 2 is 1.66 bits per heavy atom. The summed E-state index contributed by atoms with van der Waals surface area (Å²) in [6, 6.07) is 28.7. The van der Waals surface area contributed by atoms with Gasteiger partial charge in [-0.2, -0.15) is 0 Å². The van der Waals surface area contributed by atoms with Crippen LogP contribution in [-0.4, -0.2) is 16.2 Å². The van der Waals surface area contributed by atoms with Crippen molar-refractivity contribution in [3.05, 3.63) is 107 Å². The average molecular weight is 458 g/mol. The number of aromatic amines is 1. The minimum atomic E-state index is 0.549. The fraction of sp³-hybridized carbons (Fsp3) is 0. The molecule has 0 atom stereocenters. The monoisotopic (exact) mass is 457 g/mol. The van der Waals surface area contributed by atoms with Crippen LogP contribution in [0.5, 0.6) is 11.5 Å². The molecule has 1 heterocycles. The highest BCUT2D eigenvalue weighted by Crippen LogP contribution is 2.31. The molecule has 0 saturated heterocycles. The van der Waals surface area contributed by atoms with Gasteiger partial charge in [0, 0.05) is 16.8 Å².